The van der Waals surface area contributed by atoms with Gasteiger partial charge in [-0.2, -0.15) is 0 Å². The highest BCUT2D eigenvalue weighted by Gasteiger charge is 2.14. The standard InChI is InChI=1S/C30H31N5O6S2/c1-42(36,37)15-14-31-18-24-10-13-28(41-24)22-8-11-26-25(16-22)30(33-20-32-26)34-23-9-12-29(27(17-23)35-43(2,38)39)40-19-21-6-4-3-5-7-21/h3-13,16-17,20,31,35H,14-15,18-19H2,1-2H3,(H,32,33,34). The average Bonchev–Trinajstić information content (AvgIpc) is 3.43. The van der Waals surface area contributed by atoms with Crippen molar-refractivity contribution in [2.45, 2.75) is 13.2 Å². The number of furan rings is 1. The lowest BCUT2D eigenvalue weighted by Crippen LogP contribution is -2.21. The summed E-state index contributed by atoms with van der Waals surface area (Å²) in [6, 6.07) is 24.1. The number of nitrogens with one attached hydrogen (secondary N) is 3. The van der Waals surface area contributed by atoms with Crippen molar-refractivity contribution >= 4 is 48.0 Å². The molecule has 2 heterocycles. The van der Waals surface area contributed by atoms with Gasteiger partial charge in [0.25, 0.3) is 0 Å². The maximum Gasteiger partial charge on any atom is 0.229 e. The van der Waals surface area contributed by atoms with E-state index < -0.39 is 19.9 Å². The van der Waals surface area contributed by atoms with Crippen LogP contribution in [0.2, 0.25) is 0 Å². The number of hydrogen-bond donors (Lipinski definition) is 3. The van der Waals surface area contributed by atoms with E-state index in [1.165, 1.54) is 12.6 Å². The van der Waals surface area contributed by atoms with Crippen LogP contribution >= 0.6 is 0 Å². The topological polar surface area (TPSA) is 153 Å². The molecule has 0 bridgehead atoms. The first-order valence-electron chi connectivity index (χ1n) is 13.3. The van der Waals surface area contributed by atoms with Crippen LogP contribution in [0.4, 0.5) is 17.2 Å². The quantitative estimate of drug-likeness (QED) is 0.158. The molecule has 11 nitrogen and oxygen atoms in total. The van der Waals surface area contributed by atoms with Gasteiger partial charge in [-0.1, -0.05) is 30.3 Å². The highest BCUT2D eigenvalue weighted by Crippen LogP contribution is 2.33. The zero-order chi connectivity index (χ0) is 30.5. The van der Waals surface area contributed by atoms with Gasteiger partial charge in [-0.05, 0) is 54.1 Å². The van der Waals surface area contributed by atoms with Crippen molar-refractivity contribution in [3.8, 4) is 17.1 Å². The molecule has 0 amide bonds. The van der Waals surface area contributed by atoms with Gasteiger partial charge in [0.15, 0.2) is 0 Å². The smallest absolute Gasteiger partial charge is 0.229 e. The van der Waals surface area contributed by atoms with Crippen LogP contribution in [0.5, 0.6) is 5.75 Å². The number of ether oxygens (including phenoxy) is 1. The Bertz CT molecular complexity index is 1940. The summed E-state index contributed by atoms with van der Waals surface area (Å²) in [6.45, 7) is 1.00. The number of sulfone groups is 1. The first kappa shape index (κ1) is 30.0. The number of sulfonamides is 1. The molecule has 2 aromatic heterocycles. The van der Waals surface area contributed by atoms with E-state index in [1.54, 1.807) is 18.2 Å². The predicted molar refractivity (Wildman–Crippen MR) is 168 cm³/mol. The Kier molecular flexibility index (Phi) is 8.94. The molecule has 0 saturated heterocycles. The molecule has 3 aromatic carbocycles. The summed E-state index contributed by atoms with van der Waals surface area (Å²) in [5.74, 6) is 2.26. The van der Waals surface area contributed by atoms with Crippen LogP contribution in [0.1, 0.15) is 11.3 Å². The average molecular weight is 622 g/mol. The molecule has 0 aliphatic rings. The second-order valence-electron chi connectivity index (χ2n) is 10.0. The molecule has 43 heavy (non-hydrogen) atoms. The Balaban J connectivity index is 1.37. The highest BCUT2D eigenvalue weighted by molar-refractivity contribution is 7.92. The fraction of sp³-hybridized carbons (Fsp3) is 0.200. The fourth-order valence-corrected chi connectivity index (χ4v) is 5.37. The Morgan fingerprint density at radius 2 is 1.70 bits per heavy atom. The lowest BCUT2D eigenvalue weighted by atomic mass is 10.1. The zero-order valence-corrected chi connectivity index (χ0v) is 25.2. The van der Waals surface area contributed by atoms with Crippen LogP contribution in [0.25, 0.3) is 22.2 Å². The predicted octanol–water partition coefficient (Wildman–Crippen LogP) is 4.72. The van der Waals surface area contributed by atoms with Crippen LogP contribution in [0, 0.1) is 0 Å². The molecule has 0 radical (unpaired) electrons. The number of anilines is 3. The first-order chi connectivity index (χ1) is 20.5. The third-order valence-electron chi connectivity index (χ3n) is 6.31. The Hall–Kier alpha value is -4.46. The number of rotatable bonds is 13. The number of nitrogens with zero attached hydrogens (tertiary/aromatic N) is 2. The minimum atomic E-state index is -3.58. The normalized spacial score (nSPS) is 11.9. The molecular formula is C30H31N5O6S2. The summed E-state index contributed by atoms with van der Waals surface area (Å²) < 4.78 is 61.3. The summed E-state index contributed by atoms with van der Waals surface area (Å²) >= 11 is 0. The van der Waals surface area contributed by atoms with E-state index in [4.69, 9.17) is 9.15 Å². The Morgan fingerprint density at radius 1 is 0.884 bits per heavy atom. The molecule has 3 N–H and O–H groups in total. The number of aromatic nitrogens is 2. The minimum Gasteiger partial charge on any atom is -0.487 e. The van der Waals surface area contributed by atoms with Gasteiger partial charge in [-0.15, -0.1) is 0 Å². The van der Waals surface area contributed by atoms with Crippen LogP contribution in [0.15, 0.2) is 89.6 Å². The minimum absolute atomic E-state index is 0.0519. The monoisotopic (exact) mass is 621 g/mol. The third-order valence-corrected chi connectivity index (χ3v) is 7.84. The number of fused-ring (bicyclic) bond motifs is 1. The van der Waals surface area contributed by atoms with E-state index >= 15 is 0 Å². The van der Waals surface area contributed by atoms with Crippen LogP contribution in [-0.2, 0) is 33.0 Å². The van der Waals surface area contributed by atoms with Crippen LogP contribution < -0.4 is 20.1 Å². The summed E-state index contributed by atoms with van der Waals surface area (Å²) in [5, 5.41) is 7.07. The fourth-order valence-electron chi connectivity index (χ4n) is 4.29. The molecule has 0 saturated carbocycles. The number of hydrogen-bond acceptors (Lipinski definition) is 10. The molecule has 5 aromatic rings. The molecule has 0 fully saturated rings. The molecule has 0 aliphatic heterocycles. The van der Waals surface area contributed by atoms with Gasteiger partial charge in [-0.3, -0.25) is 4.72 Å². The van der Waals surface area contributed by atoms with E-state index in [0.29, 0.717) is 47.4 Å². The largest absolute Gasteiger partial charge is 0.487 e. The van der Waals surface area contributed by atoms with Gasteiger partial charge in [-0.25, -0.2) is 26.8 Å². The van der Waals surface area contributed by atoms with Crippen molar-refractivity contribution < 1.29 is 26.0 Å². The molecule has 5 rings (SSSR count). The molecule has 224 valence electrons. The lowest BCUT2D eigenvalue weighted by molar-refractivity contribution is 0.308. The van der Waals surface area contributed by atoms with E-state index in [1.807, 2.05) is 60.7 Å². The summed E-state index contributed by atoms with van der Waals surface area (Å²) in [7, 11) is -6.62. The maximum absolute atomic E-state index is 12.1. The molecule has 0 atom stereocenters. The van der Waals surface area contributed by atoms with Gasteiger partial charge in [0.1, 0.15) is 45.9 Å². The van der Waals surface area contributed by atoms with Gasteiger partial charge < -0.3 is 19.8 Å². The van der Waals surface area contributed by atoms with Gasteiger partial charge >= 0.3 is 0 Å². The van der Waals surface area contributed by atoms with Crippen molar-refractivity contribution in [3.63, 3.8) is 0 Å². The molecule has 0 unspecified atom stereocenters. The van der Waals surface area contributed by atoms with Crippen molar-refractivity contribution in [1.29, 1.82) is 0 Å². The van der Waals surface area contributed by atoms with Gasteiger partial charge in [0, 0.05) is 29.4 Å². The van der Waals surface area contributed by atoms with E-state index in [2.05, 4.69) is 25.3 Å². The van der Waals surface area contributed by atoms with Gasteiger partial charge in [0.2, 0.25) is 10.0 Å². The highest BCUT2D eigenvalue weighted by atomic mass is 32.2. The Labute approximate surface area is 250 Å². The maximum atomic E-state index is 12.1. The van der Waals surface area contributed by atoms with E-state index in [9.17, 15) is 16.8 Å². The van der Waals surface area contributed by atoms with Crippen molar-refractivity contribution in [2.75, 3.05) is 34.8 Å². The first-order valence-corrected chi connectivity index (χ1v) is 17.3. The van der Waals surface area contributed by atoms with Gasteiger partial charge in [0.05, 0.1) is 29.8 Å². The molecular weight excluding hydrogens is 590 g/mol. The summed E-state index contributed by atoms with van der Waals surface area (Å²) in [6.07, 6.45) is 3.73. The van der Waals surface area contributed by atoms with Crippen molar-refractivity contribution in [1.82, 2.24) is 15.3 Å². The third kappa shape index (κ3) is 8.53. The molecule has 13 heteroatoms. The number of benzene rings is 3. The SMILES string of the molecule is CS(=O)(=O)CCNCc1ccc(-c2ccc3ncnc(Nc4ccc(OCc5ccccc5)c(NS(C)(=O)=O)c4)c3c2)o1. The molecule has 0 spiro atoms. The van der Waals surface area contributed by atoms with E-state index in [0.717, 1.165) is 22.8 Å². The van der Waals surface area contributed by atoms with E-state index in [-0.39, 0.29) is 18.0 Å². The van der Waals surface area contributed by atoms with Crippen molar-refractivity contribution in [2.24, 2.45) is 0 Å². The van der Waals surface area contributed by atoms with Crippen LogP contribution in [-0.4, -0.2) is 51.6 Å². The second-order valence-corrected chi connectivity index (χ2v) is 14.0. The Morgan fingerprint density at radius 3 is 2.47 bits per heavy atom. The summed E-state index contributed by atoms with van der Waals surface area (Å²) in [5.41, 5.74) is 3.33. The molecule has 0 aliphatic carbocycles. The summed E-state index contributed by atoms with van der Waals surface area (Å²) in [4.78, 5) is 8.81. The zero-order valence-electron chi connectivity index (χ0n) is 23.6. The van der Waals surface area contributed by atoms with Crippen molar-refractivity contribution in [3.05, 3.63) is 96.5 Å². The van der Waals surface area contributed by atoms with Crippen LogP contribution in [0.3, 0.4) is 0 Å². The lowest BCUT2D eigenvalue weighted by Gasteiger charge is -2.15. The second kappa shape index (κ2) is 12.8.